The Balaban J connectivity index is 1.86. The molecule has 2 aromatic carbocycles. The topological polar surface area (TPSA) is 86.7 Å². The number of nitrogens with zero attached hydrogens (tertiary/aromatic N) is 4. The van der Waals surface area contributed by atoms with Crippen LogP contribution in [0.3, 0.4) is 0 Å². The molecule has 1 amide bonds. The van der Waals surface area contributed by atoms with Crippen molar-refractivity contribution < 1.29 is 31.1 Å². The Hall–Kier alpha value is -4.48. The van der Waals surface area contributed by atoms with E-state index >= 15 is 0 Å². The molecule has 0 atom stereocenters. The molecule has 12 heteroatoms. The first-order valence-corrected chi connectivity index (χ1v) is 10.2. The summed E-state index contributed by atoms with van der Waals surface area (Å²) < 4.78 is 79.0. The largest absolute Gasteiger partial charge is 0.416 e. The summed E-state index contributed by atoms with van der Waals surface area (Å²) >= 11 is 0. The lowest BCUT2D eigenvalue weighted by molar-refractivity contribution is -0.138. The highest BCUT2D eigenvalue weighted by atomic mass is 19.4. The van der Waals surface area contributed by atoms with Crippen molar-refractivity contribution in [3.8, 4) is 22.8 Å². The Morgan fingerprint density at radius 2 is 1.39 bits per heavy atom. The third-order valence-electron chi connectivity index (χ3n) is 5.06. The van der Waals surface area contributed by atoms with Gasteiger partial charge in [0.15, 0.2) is 11.6 Å². The van der Waals surface area contributed by atoms with Crippen molar-refractivity contribution in [3.05, 3.63) is 89.7 Å². The van der Waals surface area contributed by atoms with Crippen LogP contribution in [0.25, 0.3) is 34.5 Å². The van der Waals surface area contributed by atoms with Gasteiger partial charge < -0.3 is 5.73 Å². The molecular weight excluding hydrogens is 488 g/mol. The van der Waals surface area contributed by atoms with Crippen LogP contribution in [0, 0.1) is 0 Å². The highest BCUT2D eigenvalue weighted by Crippen LogP contribution is 2.33. The summed E-state index contributed by atoms with van der Waals surface area (Å²) in [5.41, 5.74) is 4.50. The molecule has 0 aliphatic rings. The lowest BCUT2D eigenvalue weighted by Crippen LogP contribution is -2.14. The summed E-state index contributed by atoms with van der Waals surface area (Å²) in [4.78, 5) is 20.4. The van der Waals surface area contributed by atoms with Gasteiger partial charge in [-0.05, 0) is 30.3 Å². The van der Waals surface area contributed by atoms with Gasteiger partial charge in [-0.3, -0.25) is 9.78 Å². The third kappa shape index (κ3) is 5.27. The Bertz CT molecular complexity index is 1410. The Labute approximate surface area is 199 Å². The zero-order chi connectivity index (χ0) is 26.1. The van der Waals surface area contributed by atoms with Crippen LogP contribution in [0.1, 0.15) is 16.7 Å². The second-order valence-electron chi connectivity index (χ2n) is 7.50. The number of benzene rings is 2. The first-order chi connectivity index (χ1) is 16.9. The van der Waals surface area contributed by atoms with E-state index in [1.165, 1.54) is 42.9 Å². The summed E-state index contributed by atoms with van der Waals surface area (Å²) in [6.45, 7) is 0. The quantitative estimate of drug-likeness (QED) is 0.287. The highest BCUT2D eigenvalue weighted by molar-refractivity contribution is 6.22. The second kappa shape index (κ2) is 9.29. The molecule has 0 aliphatic carbocycles. The van der Waals surface area contributed by atoms with E-state index in [1.54, 1.807) is 12.1 Å². The number of rotatable bonds is 5. The molecule has 0 aliphatic heterocycles. The maximum Gasteiger partial charge on any atom is 0.416 e. The Morgan fingerprint density at radius 3 is 1.86 bits per heavy atom. The van der Waals surface area contributed by atoms with Crippen LogP contribution in [0.4, 0.5) is 26.3 Å². The van der Waals surface area contributed by atoms with Crippen LogP contribution in [-0.4, -0.2) is 25.7 Å². The fourth-order valence-electron chi connectivity index (χ4n) is 3.27. The van der Waals surface area contributed by atoms with Crippen molar-refractivity contribution in [2.45, 2.75) is 12.4 Å². The van der Waals surface area contributed by atoms with Gasteiger partial charge in [0.1, 0.15) is 0 Å². The molecule has 2 heterocycles. The molecule has 0 saturated carbocycles. The Kier molecular flexibility index (Phi) is 6.35. The van der Waals surface area contributed by atoms with Gasteiger partial charge in [-0.2, -0.15) is 26.3 Å². The number of nitrogens with two attached hydrogens (primary N) is 1. The molecule has 0 saturated heterocycles. The van der Waals surface area contributed by atoms with Crippen molar-refractivity contribution in [1.82, 2.24) is 19.7 Å². The van der Waals surface area contributed by atoms with Crippen LogP contribution in [0.5, 0.6) is 0 Å². The van der Waals surface area contributed by atoms with Gasteiger partial charge in [-0.15, -0.1) is 5.10 Å². The standard InChI is InChI=1S/C24H15F6N5O/c25-23(26,27)17-7-3-14(4-8-17)21-33-22(15-5-9-18(10-6-15)24(28,29)30)35(34-21)13-19(20(31)36)16-2-1-11-32-12-16/h1-13H,(H2,31,36)/b19-13+. The minimum Gasteiger partial charge on any atom is -0.366 e. The van der Waals surface area contributed by atoms with Gasteiger partial charge in [-0.1, -0.05) is 30.3 Å². The number of pyridine rings is 1. The summed E-state index contributed by atoms with van der Waals surface area (Å²) in [7, 11) is 0. The molecule has 2 N–H and O–H groups in total. The number of alkyl halides is 6. The minimum absolute atomic E-state index is 0.0233. The lowest BCUT2D eigenvalue weighted by Gasteiger charge is -2.08. The van der Waals surface area contributed by atoms with E-state index in [1.807, 2.05) is 0 Å². The van der Waals surface area contributed by atoms with Gasteiger partial charge in [0, 0.05) is 35.3 Å². The SMILES string of the molecule is NC(=O)/C(=C/n1nc(-c2ccc(C(F)(F)F)cc2)nc1-c1ccc(C(F)(F)F)cc1)c1cccnc1. The highest BCUT2D eigenvalue weighted by Gasteiger charge is 2.31. The van der Waals surface area contributed by atoms with E-state index in [9.17, 15) is 31.1 Å². The molecular formula is C24H15F6N5O. The lowest BCUT2D eigenvalue weighted by atomic mass is 10.1. The maximum absolute atomic E-state index is 13.0. The zero-order valence-electron chi connectivity index (χ0n) is 18.0. The summed E-state index contributed by atoms with van der Waals surface area (Å²) in [6.07, 6.45) is -5.01. The zero-order valence-corrected chi connectivity index (χ0v) is 18.0. The number of carbonyl (C=O) groups is 1. The van der Waals surface area contributed by atoms with Crippen molar-refractivity contribution in [3.63, 3.8) is 0 Å². The van der Waals surface area contributed by atoms with Gasteiger partial charge in [0.2, 0.25) is 0 Å². The van der Waals surface area contributed by atoms with Gasteiger partial charge in [-0.25, -0.2) is 9.67 Å². The monoisotopic (exact) mass is 503 g/mol. The number of primary amides is 1. The van der Waals surface area contributed by atoms with Crippen LogP contribution >= 0.6 is 0 Å². The molecule has 36 heavy (non-hydrogen) atoms. The van der Waals surface area contributed by atoms with Gasteiger partial charge >= 0.3 is 12.4 Å². The van der Waals surface area contributed by atoms with E-state index in [2.05, 4.69) is 15.1 Å². The molecule has 0 radical (unpaired) electrons. The van der Waals surface area contributed by atoms with Crippen LogP contribution in [0.15, 0.2) is 73.1 Å². The fraction of sp³-hybridized carbons (Fsp3) is 0.0833. The second-order valence-corrected chi connectivity index (χ2v) is 7.50. The summed E-state index contributed by atoms with van der Waals surface area (Å²) in [5.74, 6) is -0.834. The number of aromatic nitrogens is 4. The summed E-state index contributed by atoms with van der Waals surface area (Å²) in [6, 6.07) is 11.2. The van der Waals surface area contributed by atoms with Crippen LogP contribution in [-0.2, 0) is 17.1 Å². The molecule has 4 rings (SSSR count). The van der Waals surface area contributed by atoms with Crippen LogP contribution in [0.2, 0.25) is 0 Å². The molecule has 6 nitrogen and oxygen atoms in total. The van der Waals surface area contributed by atoms with Crippen molar-refractivity contribution >= 4 is 17.7 Å². The molecule has 4 aromatic rings. The molecule has 0 fully saturated rings. The van der Waals surface area contributed by atoms with Gasteiger partial charge in [0.25, 0.3) is 5.91 Å². The number of hydrogen-bond donors (Lipinski definition) is 1. The predicted molar refractivity (Wildman–Crippen MR) is 118 cm³/mol. The van der Waals surface area contributed by atoms with Crippen molar-refractivity contribution in [2.24, 2.45) is 5.73 Å². The number of amides is 1. The predicted octanol–water partition coefficient (Wildman–Crippen LogP) is 5.53. The number of hydrogen-bond acceptors (Lipinski definition) is 4. The third-order valence-corrected chi connectivity index (χ3v) is 5.06. The van der Waals surface area contributed by atoms with E-state index in [0.717, 1.165) is 28.9 Å². The molecule has 2 aromatic heterocycles. The number of carbonyl (C=O) groups excluding carboxylic acids is 1. The van der Waals surface area contributed by atoms with E-state index in [0.29, 0.717) is 5.56 Å². The van der Waals surface area contributed by atoms with Crippen molar-refractivity contribution in [1.29, 1.82) is 0 Å². The fourth-order valence-corrected chi connectivity index (χ4v) is 3.27. The average Bonchev–Trinajstić information content (AvgIpc) is 3.26. The molecule has 184 valence electrons. The van der Waals surface area contributed by atoms with E-state index in [4.69, 9.17) is 5.73 Å². The molecule has 0 unspecified atom stereocenters. The smallest absolute Gasteiger partial charge is 0.366 e. The Morgan fingerprint density at radius 1 is 0.833 bits per heavy atom. The van der Waals surface area contributed by atoms with Gasteiger partial charge in [0.05, 0.1) is 16.7 Å². The molecule has 0 spiro atoms. The van der Waals surface area contributed by atoms with Crippen LogP contribution < -0.4 is 5.73 Å². The normalized spacial score (nSPS) is 12.6. The molecule has 0 bridgehead atoms. The maximum atomic E-state index is 13.0. The van der Waals surface area contributed by atoms with E-state index < -0.39 is 29.4 Å². The number of halogens is 6. The average molecular weight is 503 g/mol. The first kappa shape index (κ1) is 24.6. The minimum atomic E-state index is -4.56. The first-order valence-electron chi connectivity index (χ1n) is 10.2. The summed E-state index contributed by atoms with van der Waals surface area (Å²) in [5, 5.41) is 4.27. The van der Waals surface area contributed by atoms with E-state index in [-0.39, 0.29) is 28.3 Å². The van der Waals surface area contributed by atoms with Crippen molar-refractivity contribution in [2.75, 3.05) is 0 Å².